The summed E-state index contributed by atoms with van der Waals surface area (Å²) in [6.45, 7) is 2.19. The van der Waals surface area contributed by atoms with Crippen molar-refractivity contribution in [2.45, 2.75) is 50.4 Å². The number of nitrogens with one attached hydrogen (secondary N) is 1. The van der Waals surface area contributed by atoms with Crippen LogP contribution in [0.25, 0.3) is 10.8 Å². The normalized spacial score (nSPS) is 28.1. The topological polar surface area (TPSA) is 47.6 Å². The molecule has 0 spiro atoms. The van der Waals surface area contributed by atoms with E-state index >= 15 is 0 Å². The fraction of sp³-hybridized carbons (Fsp3) is 0.476. The molecule has 4 nitrogen and oxygen atoms in total. The van der Waals surface area contributed by atoms with Gasteiger partial charge in [0.2, 0.25) is 0 Å². The van der Waals surface area contributed by atoms with Gasteiger partial charge in [-0.2, -0.15) is 13.2 Å². The van der Waals surface area contributed by atoms with E-state index in [1.165, 1.54) is 0 Å². The number of alkyl halides is 3. The zero-order valence-corrected chi connectivity index (χ0v) is 15.5. The molecule has 0 radical (unpaired) electrons. The number of hydrogen-bond acceptors (Lipinski definition) is 3. The first-order valence-electron chi connectivity index (χ1n) is 9.45. The number of halogens is 3. The maximum atomic E-state index is 12.8. The first-order valence-corrected chi connectivity index (χ1v) is 9.45. The van der Waals surface area contributed by atoms with Crippen LogP contribution in [-0.4, -0.2) is 25.0 Å². The van der Waals surface area contributed by atoms with Crippen LogP contribution in [0.2, 0.25) is 0 Å². The number of carbonyl (C=O) groups excluding carboxylic acids is 1. The quantitative estimate of drug-likeness (QED) is 0.770. The van der Waals surface area contributed by atoms with Gasteiger partial charge < -0.3 is 14.8 Å². The van der Waals surface area contributed by atoms with E-state index in [0.29, 0.717) is 18.6 Å². The minimum absolute atomic E-state index is 0.123. The van der Waals surface area contributed by atoms with Gasteiger partial charge in [0.05, 0.1) is 17.6 Å². The second-order valence-corrected chi connectivity index (χ2v) is 7.89. The van der Waals surface area contributed by atoms with Gasteiger partial charge in [-0.05, 0) is 67.1 Å². The van der Waals surface area contributed by atoms with E-state index in [0.717, 1.165) is 16.3 Å². The number of fused-ring (bicyclic) bond motifs is 1. The Morgan fingerprint density at radius 3 is 2.39 bits per heavy atom. The average molecular weight is 393 g/mol. The number of benzene rings is 2. The molecule has 1 aliphatic heterocycles. The summed E-state index contributed by atoms with van der Waals surface area (Å²) in [7, 11) is 0. The van der Waals surface area contributed by atoms with E-state index in [1.807, 2.05) is 43.3 Å². The van der Waals surface area contributed by atoms with E-state index in [9.17, 15) is 18.0 Å². The molecule has 1 aliphatic carbocycles. The van der Waals surface area contributed by atoms with Crippen molar-refractivity contribution < 1.29 is 27.4 Å². The number of hydrogen-bond donors (Lipinski definition) is 1. The van der Waals surface area contributed by atoms with Crippen LogP contribution in [0, 0.1) is 5.92 Å². The summed E-state index contributed by atoms with van der Waals surface area (Å²) in [5.41, 5.74) is 0.391. The van der Waals surface area contributed by atoms with Gasteiger partial charge in [-0.15, -0.1) is 0 Å². The minimum atomic E-state index is -4.11. The molecule has 4 rings (SSSR count). The summed E-state index contributed by atoms with van der Waals surface area (Å²) < 4.78 is 49.3. The molecule has 2 fully saturated rings. The fourth-order valence-corrected chi connectivity index (χ4v) is 4.00. The van der Waals surface area contributed by atoms with Gasteiger partial charge in [0, 0.05) is 0 Å². The Bertz CT molecular complexity index is 890. The van der Waals surface area contributed by atoms with Gasteiger partial charge >= 0.3 is 12.3 Å². The molecule has 1 atom stereocenters. The monoisotopic (exact) mass is 393 g/mol. The Labute approximate surface area is 161 Å². The summed E-state index contributed by atoms with van der Waals surface area (Å²) in [4.78, 5) is 11.4. The zero-order valence-electron chi connectivity index (χ0n) is 15.5. The zero-order chi connectivity index (χ0) is 19.9. The van der Waals surface area contributed by atoms with Crippen LogP contribution in [0.3, 0.4) is 0 Å². The Morgan fingerprint density at radius 2 is 1.75 bits per heavy atom. The molecule has 1 N–H and O–H groups in total. The number of alkyl carbamates (subject to hydrolysis) is 1. The van der Waals surface area contributed by atoms with Gasteiger partial charge in [-0.3, -0.25) is 0 Å². The van der Waals surface area contributed by atoms with Crippen molar-refractivity contribution in [3.63, 3.8) is 0 Å². The van der Waals surface area contributed by atoms with Crippen LogP contribution in [0.5, 0.6) is 5.75 Å². The van der Waals surface area contributed by atoms with E-state index in [-0.39, 0.29) is 25.6 Å². The Kier molecular flexibility index (Phi) is 4.63. The lowest BCUT2D eigenvalue weighted by atomic mass is 9.87. The van der Waals surface area contributed by atoms with Crippen LogP contribution in [0.15, 0.2) is 36.4 Å². The number of ether oxygens (including phenoxy) is 2. The smallest absolute Gasteiger partial charge is 0.408 e. The van der Waals surface area contributed by atoms with Gasteiger partial charge in [0.25, 0.3) is 0 Å². The third-order valence-electron chi connectivity index (χ3n) is 5.76. The Balaban J connectivity index is 1.46. The van der Waals surface area contributed by atoms with Crippen molar-refractivity contribution in [3.8, 4) is 5.75 Å². The summed E-state index contributed by atoms with van der Waals surface area (Å²) in [6.07, 6.45) is -3.63. The highest BCUT2D eigenvalue weighted by Gasteiger charge is 2.41. The summed E-state index contributed by atoms with van der Waals surface area (Å²) >= 11 is 0. The van der Waals surface area contributed by atoms with Crippen molar-refractivity contribution in [2.75, 3.05) is 6.61 Å². The molecule has 28 heavy (non-hydrogen) atoms. The third kappa shape index (κ3) is 3.75. The molecule has 150 valence electrons. The van der Waals surface area contributed by atoms with Crippen LogP contribution in [-0.2, 0) is 10.3 Å². The average Bonchev–Trinajstić information content (AvgIpc) is 3.01. The highest BCUT2D eigenvalue weighted by Crippen LogP contribution is 2.39. The number of amides is 1. The molecule has 1 saturated heterocycles. The Hall–Kier alpha value is -2.44. The standard InChI is InChI=1S/C21H22F3NO3/c1-20(12-27-19(26)25-20)16-4-2-14-11-18(7-3-13(14)10-16)28-17-8-5-15(6-9-17)21(22,23)24/h2-4,7,10-11,15,17H,5-6,8-9,12H2,1H3,(H,25,26)/t15-,17-,20-/m0/s1. The van der Waals surface area contributed by atoms with Crippen molar-refractivity contribution in [1.29, 1.82) is 0 Å². The van der Waals surface area contributed by atoms with Gasteiger partial charge in [-0.1, -0.05) is 18.2 Å². The number of carbonyl (C=O) groups is 1. The second kappa shape index (κ2) is 6.87. The highest BCUT2D eigenvalue weighted by atomic mass is 19.4. The molecule has 2 aliphatic rings. The molecule has 7 heteroatoms. The predicted octanol–water partition coefficient (Wildman–Crippen LogP) is 5.29. The van der Waals surface area contributed by atoms with Gasteiger partial charge in [-0.25, -0.2) is 4.79 Å². The van der Waals surface area contributed by atoms with Crippen LogP contribution in [0.4, 0.5) is 18.0 Å². The minimum Gasteiger partial charge on any atom is -0.490 e. The lowest BCUT2D eigenvalue weighted by molar-refractivity contribution is -0.185. The van der Waals surface area contributed by atoms with Crippen molar-refractivity contribution in [3.05, 3.63) is 42.0 Å². The summed E-state index contributed by atoms with van der Waals surface area (Å²) in [6, 6.07) is 11.6. The molecule has 0 aromatic heterocycles. The molecule has 1 amide bonds. The molecule has 1 saturated carbocycles. The maximum Gasteiger partial charge on any atom is 0.408 e. The second-order valence-electron chi connectivity index (χ2n) is 7.89. The summed E-state index contributed by atoms with van der Waals surface area (Å²) in [5.74, 6) is -0.539. The van der Waals surface area contributed by atoms with E-state index in [2.05, 4.69) is 5.32 Å². The summed E-state index contributed by atoms with van der Waals surface area (Å²) in [5, 5.41) is 4.79. The van der Waals surface area contributed by atoms with Gasteiger partial charge in [0.15, 0.2) is 0 Å². The molecule has 0 bridgehead atoms. The molecule has 2 aromatic rings. The third-order valence-corrected chi connectivity index (χ3v) is 5.76. The largest absolute Gasteiger partial charge is 0.490 e. The van der Waals surface area contributed by atoms with Crippen molar-refractivity contribution >= 4 is 16.9 Å². The molecule has 2 aromatic carbocycles. The van der Waals surface area contributed by atoms with Crippen molar-refractivity contribution in [1.82, 2.24) is 5.32 Å². The first-order chi connectivity index (χ1) is 13.2. The number of rotatable bonds is 3. The molecular weight excluding hydrogens is 371 g/mol. The van der Waals surface area contributed by atoms with E-state index in [1.54, 1.807) is 0 Å². The maximum absolute atomic E-state index is 12.8. The van der Waals surface area contributed by atoms with Crippen LogP contribution < -0.4 is 10.1 Å². The lowest BCUT2D eigenvalue weighted by Crippen LogP contribution is -2.37. The van der Waals surface area contributed by atoms with E-state index in [4.69, 9.17) is 9.47 Å². The fourth-order valence-electron chi connectivity index (χ4n) is 4.00. The van der Waals surface area contributed by atoms with Crippen LogP contribution >= 0.6 is 0 Å². The lowest BCUT2D eigenvalue weighted by Gasteiger charge is -2.30. The SMILES string of the molecule is C[C@@]1(c2ccc3cc(O[C@H]4CC[C@H](C(F)(F)F)CC4)ccc3c2)COC(=O)N1. The van der Waals surface area contributed by atoms with E-state index < -0.39 is 23.7 Å². The molecular formula is C21H22F3NO3. The highest BCUT2D eigenvalue weighted by molar-refractivity contribution is 5.85. The number of cyclic esters (lactones) is 1. The Morgan fingerprint density at radius 1 is 1.07 bits per heavy atom. The predicted molar refractivity (Wildman–Crippen MR) is 98.2 cm³/mol. The van der Waals surface area contributed by atoms with Crippen molar-refractivity contribution in [2.24, 2.45) is 5.92 Å². The van der Waals surface area contributed by atoms with Crippen LogP contribution in [0.1, 0.15) is 38.2 Å². The van der Waals surface area contributed by atoms with Gasteiger partial charge in [0.1, 0.15) is 12.4 Å². The molecule has 1 heterocycles. The molecule has 0 unspecified atom stereocenters. The first kappa shape index (κ1) is 18.9.